The van der Waals surface area contributed by atoms with Crippen LogP contribution in [0.4, 0.5) is 11.4 Å². The van der Waals surface area contributed by atoms with Crippen LogP contribution in [0.2, 0.25) is 0 Å². The zero-order valence-corrected chi connectivity index (χ0v) is 9.69. The van der Waals surface area contributed by atoms with Crippen molar-refractivity contribution in [1.29, 1.82) is 0 Å². The Bertz CT molecular complexity index is 546. The Balaban J connectivity index is 2.30. The molecule has 1 aromatic carbocycles. The summed E-state index contributed by atoms with van der Waals surface area (Å²) in [5.74, 6) is 0.537. The molecule has 4 N–H and O–H groups in total. The van der Waals surface area contributed by atoms with Crippen LogP contribution in [0.3, 0.4) is 0 Å². The fourth-order valence-electron chi connectivity index (χ4n) is 1.45. The Labute approximate surface area is 96.4 Å². The van der Waals surface area contributed by atoms with E-state index in [1.807, 2.05) is 6.26 Å². The Morgan fingerprint density at radius 3 is 3.12 bits per heavy atom. The lowest BCUT2D eigenvalue weighted by Crippen LogP contribution is -2.06. The number of H-pyrrole nitrogens is 1. The number of fused-ring (bicyclic) bond motifs is 1. The van der Waals surface area contributed by atoms with Crippen molar-refractivity contribution in [3.8, 4) is 0 Å². The van der Waals surface area contributed by atoms with Crippen LogP contribution >= 0.6 is 11.8 Å². The molecule has 0 amide bonds. The Morgan fingerprint density at radius 2 is 2.38 bits per heavy atom. The van der Waals surface area contributed by atoms with Gasteiger partial charge in [0.2, 0.25) is 0 Å². The first-order chi connectivity index (χ1) is 7.70. The molecule has 2 aromatic rings. The quantitative estimate of drug-likeness (QED) is 0.556. The van der Waals surface area contributed by atoms with Crippen LogP contribution in [0, 0.1) is 0 Å². The van der Waals surface area contributed by atoms with E-state index in [1.54, 1.807) is 23.9 Å². The lowest BCUT2D eigenvalue weighted by Gasteiger charge is -2.07. The van der Waals surface area contributed by atoms with E-state index in [2.05, 4.69) is 10.3 Å². The van der Waals surface area contributed by atoms with Gasteiger partial charge in [0, 0.05) is 18.4 Å². The lowest BCUT2D eigenvalue weighted by molar-refractivity contribution is 0.555. The average Bonchev–Trinajstić information content (AvgIpc) is 2.58. The number of hydrogen-bond acceptors (Lipinski definition) is 5. The Kier molecular flexibility index (Phi) is 3.09. The molecule has 0 aliphatic heterocycles. The molecular weight excluding hydrogens is 226 g/mol. The highest BCUT2D eigenvalue weighted by Crippen LogP contribution is 2.24. The van der Waals surface area contributed by atoms with Crippen LogP contribution in [0.1, 0.15) is 0 Å². The van der Waals surface area contributed by atoms with E-state index in [4.69, 9.17) is 10.2 Å². The SMILES string of the molecule is CSCCNc1cc2[nH]c(=O)oc2cc1N. The predicted octanol–water partition coefficient (Wildman–Crippen LogP) is 1.48. The van der Waals surface area contributed by atoms with Crippen molar-refractivity contribution in [2.24, 2.45) is 0 Å². The second-order valence-electron chi connectivity index (χ2n) is 3.37. The molecule has 0 saturated carbocycles. The van der Waals surface area contributed by atoms with E-state index in [0.29, 0.717) is 16.8 Å². The van der Waals surface area contributed by atoms with Crippen LogP contribution in [-0.2, 0) is 0 Å². The van der Waals surface area contributed by atoms with E-state index < -0.39 is 5.76 Å². The fourth-order valence-corrected chi connectivity index (χ4v) is 1.76. The maximum absolute atomic E-state index is 11.0. The molecule has 5 nitrogen and oxygen atoms in total. The first kappa shape index (κ1) is 10.9. The first-order valence-corrected chi connectivity index (χ1v) is 6.25. The molecule has 0 saturated heterocycles. The molecule has 0 aliphatic carbocycles. The van der Waals surface area contributed by atoms with Crippen molar-refractivity contribution in [1.82, 2.24) is 4.98 Å². The van der Waals surface area contributed by atoms with Gasteiger partial charge in [-0.1, -0.05) is 0 Å². The Morgan fingerprint density at radius 1 is 1.56 bits per heavy atom. The molecule has 0 unspecified atom stereocenters. The zero-order valence-electron chi connectivity index (χ0n) is 8.87. The van der Waals surface area contributed by atoms with Gasteiger partial charge >= 0.3 is 5.76 Å². The number of aromatic nitrogens is 1. The summed E-state index contributed by atoms with van der Waals surface area (Å²) in [7, 11) is 0. The van der Waals surface area contributed by atoms with Gasteiger partial charge < -0.3 is 15.5 Å². The van der Waals surface area contributed by atoms with Crippen LogP contribution in [0.25, 0.3) is 11.1 Å². The number of hydrogen-bond donors (Lipinski definition) is 3. The molecule has 0 radical (unpaired) electrons. The smallest absolute Gasteiger partial charge is 0.408 e. The maximum Gasteiger partial charge on any atom is 0.417 e. The summed E-state index contributed by atoms with van der Waals surface area (Å²) in [6, 6.07) is 3.44. The molecule has 2 rings (SSSR count). The van der Waals surface area contributed by atoms with E-state index in [9.17, 15) is 4.79 Å². The molecule has 1 heterocycles. The van der Waals surface area contributed by atoms with E-state index >= 15 is 0 Å². The van der Waals surface area contributed by atoms with Crippen molar-refractivity contribution in [2.75, 3.05) is 29.6 Å². The van der Waals surface area contributed by atoms with Gasteiger partial charge in [0.25, 0.3) is 0 Å². The molecule has 0 aliphatic rings. The number of rotatable bonds is 4. The van der Waals surface area contributed by atoms with Gasteiger partial charge in [-0.25, -0.2) is 4.79 Å². The number of nitrogen functional groups attached to an aromatic ring is 1. The topological polar surface area (TPSA) is 84.0 Å². The van der Waals surface area contributed by atoms with Crippen LogP contribution < -0.4 is 16.8 Å². The average molecular weight is 239 g/mol. The molecule has 6 heteroatoms. The molecule has 86 valence electrons. The number of nitrogens with one attached hydrogen (secondary N) is 2. The number of thioether (sulfide) groups is 1. The van der Waals surface area contributed by atoms with Gasteiger partial charge in [-0.2, -0.15) is 11.8 Å². The van der Waals surface area contributed by atoms with E-state index in [0.717, 1.165) is 18.0 Å². The van der Waals surface area contributed by atoms with Crippen molar-refractivity contribution >= 4 is 34.2 Å². The molecule has 0 fully saturated rings. The summed E-state index contributed by atoms with van der Waals surface area (Å²) in [6.07, 6.45) is 2.04. The fraction of sp³-hybridized carbons (Fsp3) is 0.300. The first-order valence-electron chi connectivity index (χ1n) is 4.86. The minimum Gasteiger partial charge on any atom is -0.408 e. The third-order valence-electron chi connectivity index (χ3n) is 2.21. The maximum atomic E-state index is 11.0. The Hall–Kier alpha value is -1.56. The highest BCUT2D eigenvalue weighted by atomic mass is 32.2. The second-order valence-corrected chi connectivity index (χ2v) is 4.36. The normalized spacial score (nSPS) is 10.8. The van der Waals surface area contributed by atoms with Crippen molar-refractivity contribution < 1.29 is 4.42 Å². The van der Waals surface area contributed by atoms with Gasteiger partial charge in [0.1, 0.15) is 0 Å². The van der Waals surface area contributed by atoms with Crippen molar-refractivity contribution in [3.05, 3.63) is 22.7 Å². The summed E-state index contributed by atoms with van der Waals surface area (Å²) in [4.78, 5) is 13.6. The third-order valence-corrected chi connectivity index (χ3v) is 2.83. The highest BCUT2D eigenvalue weighted by molar-refractivity contribution is 7.98. The largest absolute Gasteiger partial charge is 0.417 e. The standard InChI is InChI=1S/C10H13N3O2S/c1-16-3-2-12-7-5-8-9(4-6(7)11)15-10(14)13-8/h4-5,12H,2-3,11H2,1H3,(H,13,14). The molecule has 1 aromatic heterocycles. The molecule has 0 bridgehead atoms. The van der Waals surface area contributed by atoms with E-state index in [1.165, 1.54) is 0 Å². The van der Waals surface area contributed by atoms with Gasteiger partial charge in [0.05, 0.1) is 16.9 Å². The van der Waals surface area contributed by atoms with Gasteiger partial charge in [0.15, 0.2) is 5.58 Å². The summed E-state index contributed by atoms with van der Waals surface area (Å²) in [6.45, 7) is 0.832. The van der Waals surface area contributed by atoms with Crippen molar-refractivity contribution in [2.45, 2.75) is 0 Å². The number of aromatic amines is 1. The summed E-state index contributed by atoms with van der Waals surface area (Å²) in [5.41, 5.74) is 8.37. The van der Waals surface area contributed by atoms with Gasteiger partial charge in [-0.3, -0.25) is 4.98 Å². The van der Waals surface area contributed by atoms with Crippen LogP contribution in [0.5, 0.6) is 0 Å². The number of anilines is 2. The van der Waals surface area contributed by atoms with Gasteiger partial charge in [-0.15, -0.1) is 0 Å². The number of nitrogens with two attached hydrogens (primary N) is 1. The van der Waals surface area contributed by atoms with Gasteiger partial charge in [-0.05, 0) is 12.3 Å². The predicted molar refractivity (Wildman–Crippen MR) is 68.1 cm³/mol. The zero-order chi connectivity index (χ0) is 11.5. The third kappa shape index (κ3) is 2.16. The minimum atomic E-state index is -0.462. The summed E-state index contributed by atoms with van der Waals surface area (Å²) in [5, 5.41) is 3.21. The van der Waals surface area contributed by atoms with Crippen molar-refractivity contribution in [3.63, 3.8) is 0 Å². The number of benzene rings is 1. The summed E-state index contributed by atoms with van der Waals surface area (Å²) >= 11 is 1.75. The monoisotopic (exact) mass is 239 g/mol. The number of oxazole rings is 1. The lowest BCUT2D eigenvalue weighted by atomic mass is 10.2. The van der Waals surface area contributed by atoms with E-state index in [-0.39, 0.29) is 0 Å². The highest BCUT2D eigenvalue weighted by Gasteiger charge is 2.05. The molecule has 16 heavy (non-hydrogen) atoms. The second kappa shape index (κ2) is 4.52. The summed E-state index contributed by atoms with van der Waals surface area (Å²) < 4.78 is 4.91. The minimum absolute atomic E-state index is 0.462. The van der Waals surface area contributed by atoms with Crippen LogP contribution in [0.15, 0.2) is 21.3 Å². The van der Waals surface area contributed by atoms with Crippen LogP contribution in [-0.4, -0.2) is 23.5 Å². The molecular formula is C10H13N3O2S. The molecule has 0 spiro atoms. The molecule has 0 atom stereocenters.